The number of aromatic hydroxyl groups is 1. The van der Waals surface area contributed by atoms with Gasteiger partial charge in [-0.1, -0.05) is 0 Å². The molecule has 0 radical (unpaired) electrons. The molecule has 0 fully saturated rings. The van der Waals surface area contributed by atoms with Crippen LogP contribution in [0.2, 0.25) is 0 Å². The van der Waals surface area contributed by atoms with Gasteiger partial charge in [-0.3, -0.25) is 0 Å². The molecule has 4 heteroatoms. The summed E-state index contributed by atoms with van der Waals surface area (Å²) in [7, 11) is 0. The van der Waals surface area contributed by atoms with Crippen LogP contribution in [-0.2, 0) is 0 Å². The van der Waals surface area contributed by atoms with Gasteiger partial charge in [-0.15, -0.1) is 11.3 Å². The summed E-state index contributed by atoms with van der Waals surface area (Å²) in [4.78, 5) is 0. The van der Waals surface area contributed by atoms with Crippen LogP contribution in [0.3, 0.4) is 0 Å². The second kappa shape index (κ2) is 3.02. The summed E-state index contributed by atoms with van der Waals surface area (Å²) in [6.45, 7) is 0. The highest BCUT2D eigenvalue weighted by atomic mass is 32.1. The van der Waals surface area contributed by atoms with Gasteiger partial charge in [-0.05, 0) is 12.1 Å². The highest BCUT2D eigenvalue weighted by Crippen LogP contribution is 2.34. The molecule has 0 unspecified atom stereocenters. The van der Waals surface area contributed by atoms with Crippen molar-refractivity contribution >= 4 is 21.4 Å². The van der Waals surface area contributed by atoms with Crippen LogP contribution in [0.1, 0.15) is 11.1 Å². The summed E-state index contributed by atoms with van der Waals surface area (Å²) in [5, 5.41) is 29.2. The summed E-state index contributed by atoms with van der Waals surface area (Å²) < 4.78 is 0.670. The number of phenols is 1. The second-order valence-electron chi connectivity index (χ2n) is 2.71. The Morgan fingerprint density at radius 1 is 1.14 bits per heavy atom. The zero-order valence-corrected chi connectivity index (χ0v) is 7.80. The predicted molar refractivity (Wildman–Crippen MR) is 52.9 cm³/mol. The third kappa shape index (κ3) is 1.02. The normalized spacial score (nSPS) is 9.57. The SMILES string of the molecule is N#Cc1ccc(O)c2c(C#N)csc12. The van der Waals surface area contributed by atoms with Crippen LogP contribution in [0, 0.1) is 22.7 Å². The molecular weight excluding hydrogens is 196 g/mol. The van der Waals surface area contributed by atoms with Gasteiger partial charge in [0.05, 0.1) is 21.2 Å². The number of rotatable bonds is 0. The minimum atomic E-state index is 0.0526. The van der Waals surface area contributed by atoms with Crippen molar-refractivity contribution in [1.82, 2.24) is 0 Å². The number of phenolic OH excluding ortho intramolecular Hbond substituents is 1. The maximum absolute atomic E-state index is 9.54. The summed E-state index contributed by atoms with van der Waals surface area (Å²) in [5.74, 6) is 0.0526. The van der Waals surface area contributed by atoms with Gasteiger partial charge < -0.3 is 5.11 Å². The number of hydrogen-bond acceptors (Lipinski definition) is 4. The zero-order valence-electron chi connectivity index (χ0n) is 6.98. The molecule has 3 nitrogen and oxygen atoms in total. The molecule has 1 aromatic carbocycles. The van der Waals surface area contributed by atoms with Crippen molar-refractivity contribution in [3.8, 4) is 17.9 Å². The zero-order chi connectivity index (χ0) is 10.1. The first-order valence-corrected chi connectivity index (χ1v) is 4.69. The molecule has 1 N–H and O–H groups in total. The number of nitriles is 2. The lowest BCUT2D eigenvalue weighted by molar-refractivity contribution is 0.481. The molecule has 0 atom stereocenters. The lowest BCUT2D eigenvalue weighted by Gasteiger charge is -1.96. The number of hydrogen-bond donors (Lipinski definition) is 1. The van der Waals surface area contributed by atoms with E-state index in [-0.39, 0.29) is 5.75 Å². The van der Waals surface area contributed by atoms with Crippen molar-refractivity contribution < 1.29 is 5.11 Å². The van der Waals surface area contributed by atoms with E-state index in [1.165, 1.54) is 17.4 Å². The van der Waals surface area contributed by atoms with E-state index in [0.29, 0.717) is 21.2 Å². The molecule has 2 aromatic rings. The minimum Gasteiger partial charge on any atom is -0.507 e. The molecule has 0 spiro atoms. The van der Waals surface area contributed by atoms with Crippen LogP contribution in [0.25, 0.3) is 10.1 Å². The Morgan fingerprint density at radius 2 is 1.86 bits per heavy atom. The Morgan fingerprint density at radius 3 is 2.50 bits per heavy atom. The van der Waals surface area contributed by atoms with Gasteiger partial charge in [0.15, 0.2) is 0 Å². The molecule has 0 aliphatic heterocycles. The quantitative estimate of drug-likeness (QED) is 0.709. The Balaban J connectivity index is 2.98. The van der Waals surface area contributed by atoms with Crippen molar-refractivity contribution in [2.75, 3.05) is 0 Å². The molecule has 1 heterocycles. The van der Waals surface area contributed by atoms with E-state index in [1.807, 2.05) is 12.1 Å². The highest BCUT2D eigenvalue weighted by Gasteiger charge is 2.11. The third-order valence-electron chi connectivity index (χ3n) is 1.94. The summed E-state index contributed by atoms with van der Waals surface area (Å²) in [5.41, 5.74) is 0.906. The topological polar surface area (TPSA) is 67.8 Å². The van der Waals surface area contributed by atoms with Crippen molar-refractivity contribution in [1.29, 1.82) is 10.5 Å². The van der Waals surface area contributed by atoms with Crippen molar-refractivity contribution in [3.05, 3.63) is 28.6 Å². The molecule has 0 aliphatic rings. The average Bonchev–Trinajstić information content (AvgIpc) is 2.63. The fraction of sp³-hybridized carbons (Fsp3) is 0. The van der Waals surface area contributed by atoms with E-state index < -0.39 is 0 Å². The molecule has 1 aromatic heterocycles. The maximum atomic E-state index is 9.54. The number of benzene rings is 1. The molecule has 14 heavy (non-hydrogen) atoms. The lowest BCUT2D eigenvalue weighted by atomic mass is 10.1. The second-order valence-corrected chi connectivity index (χ2v) is 3.59. The van der Waals surface area contributed by atoms with Gasteiger partial charge in [0.2, 0.25) is 0 Å². The van der Waals surface area contributed by atoms with E-state index >= 15 is 0 Å². The van der Waals surface area contributed by atoms with Crippen molar-refractivity contribution in [2.45, 2.75) is 0 Å². The van der Waals surface area contributed by atoms with Crippen molar-refractivity contribution in [2.24, 2.45) is 0 Å². The Labute approximate surface area is 84.1 Å². The molecule has 0 aliphatic carbocycles. The molecular formula is C10H4N2OS. The monoisotopic (exact) mass is 200 g/mol. The fourth-order valence-electron chi connectivity index (χ4n) is 1.30. The highest BCUT2D eigenvalue weighted by molar-refractivity contribution is 7.17. The van der Waals surface area contributed by atoms with E-state index in [2.05, 4.69) is 0 Å². The first kappa shape index (κ1) is 8.55. The van der Waals surface area contributed by atoms with Crippen LogP contribution >= 0.6 is 11.3 Å². The third-order valence-corrected chi connectivity index (χ3v) is 2.95. The lowest BCUT2D eigenvalue weighted by Crippen LogP contribution is -1.76. The first-order valence-electron chi connectivity index (χ1n) is 3.81. The molecule has 2 rings (SSSR count). The standard InChI is InChI=1S/C10H4N2OS/c11-3-6-1-2-8(13)9-7(4-12)5-14-10(6)9/h1-2,5,13H. The van der Waals surface area contributed by atoms with E-state index in [4.69, 9.17) is 10.5 Å². The fourth-order valence-corrected chi connectivity index (χ4v) is 2.28. The Bertz CT molecular complexity index is 586. The molecule has 0 amide bonds. The van der Waals surface area contributed by atoms with Crippen LogP contribution in [0.4, 0.5) is 0 Å². The van der Waals surface area contributed by atoms with Gasteiger partial charge in [-0.25, -0.2) is 0 Å². The number of nitrogens with zero attached hydrogens (tertiary/aromatic N) is 2. The number of fused-ring (bicyclic) bond motifs is 1. The van der Waals surface area contributed by atoms with E-state index in [0.717, 1.165) is 0 Å². The van der Waals surface area contributed by atoms with Crippen LogP contribution in [-0.4, -0.2) is 5.11 Å². The van der Waals surface area contributed by atoms with Gasteiger partial charge >= 0.3 is 0 Å². The molecule has 0 saturated heterocycles. The maximum Gasteiger partial charge on any atom is 0.125 e. The van der Waals surface area contributed by atoms with E-state index in [9.17, 15) is 5.11 Å². The Hall–Kier alpha value is -2.04. The molecule has 66 valence electrons. The minimum absolute atomic E-state index is 0.0526. The van der Waals surface area contributed by atoms with Crippen LogP contribution < -0.4 is 0 Å². The molecule has 0 saturated carbocycles. The smallest absolute Gasteiger partial charge is 0.125 e. The largest absolute Gasteiger partial charge is 0.507 e. The predicted octanol–water partition coefficient (Wildman–Crippen LogP) is 2.35. The van der Waals surface area contributed by atoms with Crippen LogP contribution in [0.15, 0.2) is 17.5 Å². The van der Waals surface area contributed by atoms with Crippen LogP contribution in [0.5, 0.6) is 5.75 Å². The number of thiophene rings is 1. The summed E-state index contributed by atoms with van der Waals surface area (Å²) in [6, 6.07) is 7.00. The van der Waals surface area contributed by atoms with Crippen molar-refractivity contribution in [3.63, 3.8) is 0 Å². The summed E-state index contributed by atoms with van der Waals surface area (Å²) >= 11 is 1.30. The average molecular weight is 200 g/mol. The molecule has 0 bridgehead atoms. The van der Waals surface area contributed by atoms with Gasteiger partial charge in [0.1, 0.15) is 17.9 Å². The Kier molecular flexibility index (Phi) is 1.85. The van der Waals surface area contributed by atoms with Gasteiger partial charge in [0, 0.05) is 5.38 Å². The summed E-state index contributed by atoms with van der Waals surface area (Å²) in [6.07, 6.45) is 0. The van der Waals surface area contributed by atoms with E-state index in [1.54, 1.807) is 11.4 Å². The first-order chi connectivity index (χ1) is 6.77. The van der Waals surface area contributed by atoms with Gasteiger partial charge in [0.25, 0.3) is 0 Å². The van der Waals surface area contributed by atoms with Gasteiger partial charge in [-0.2, -0.15) is 10.5 Å².